The molecule has 2 aromatic carbocycles. The predicted molar refractivity (Wildman–Crippen MR) is 67.0 cm³/mol. The standard InChI is InChI=1S/C13H7ClF4S/c14-8-3-1-4-9(7-8)19-11-6-2-5-10(15)12(11)13(16,17)18/h1-7H. The first-order valence-electron chi connectivity index (χ1n) is 5.17. The lowest BCUT2D eigenvalue weighted by atomic mass is 10.2. The van der Waals surface area contributed by atoms with Crippen molar-refractivity contribution >= 4 is 23.4 Å². The molecule has 19 heavy (non-hydrogen) atoms. The summed E-state index contributed by atoms with van der Waals surface area (Å²) in [5.41, 5.74) is -1.25. The molecule has 0 aromatic heterocycles. The van der Waals surface area contributed by atoms with Gasteiger partial charge < -0.3 is 0 Å². The topological polar surface area (TPSA) is 0 Å². The average molecular weight is 307 g/mol. The van der Waals surface area contributed by atoms with Crippen molar-refractivity contribution < 1.29 is 17.6 Å². The van der Waals surface area contributed by atoms with Crippen molar-refractivity contribution in [2.45, 2.75) is 16.0 Å². The molecule has 0 heterocycles. The highest BCUT2D eigenvalue weighted by atomic mass is 35.5. The molecule has 0 bridgehead atoms. The minimum atomic E-state index is -4.73. The number of rotatable bonds is 2. The first kappa shape index (κ1) is 14.2. The first-order valence-corrected chi connectivity index (χ1v) is 6.36. The summed E-state index contributed by atoms with van der Waals surface area (Å²) in [4.78, 5) is 0.332. The zero-order valence-electron chi connectivity index (χ0n) is 9.34. The Morgan fingerprint density at radius 3 is 2.32 bits per heavy atom. The molecule has 0 amide bonds. The minimum Gasteiger partial charge on any atom is -0.206 e. The van der Waals surface area contributed by atoms with E-state index in [1.165, 1.54) is 18.2 Å². The number of hydrogen-bond donors (Lipinski definition) is 0. The summed E-state index contributed by atoms with van der Waals surface area (Å²) < 4.78 is 51.8. The Morgan fingerprint density at radius 2 is 1.68 bits per heavy atom. The molecule has 0 N–H and O–H groups in total. The van der Waals surface area contributed by atoms with E-state index in [0.717, 1.165) is 17.8 Å². The molecule has 0 unspecified atom stereocenters. The van der Waals surface area contributed by atoms with E-state index >= 15 is 0 Å². The molecular formula is C13H7ClF4S. The molecule has 100 valence electrons. The van der Waals surface area contributed by atoms with Crippen LogP contribution in [-0.2, 0) is 6.18 Å². The second kappa shape index (κ2) is 5.43. The lowest BCUT2D eigenvalue weighted by Crippen LogP contribution is -2.09. The number of benzene rings is 2. The second-order valence-corrected chi connectivity index (χ2v) is 5.22. The Labute approximate surface area is 116 Å². The molecule has 0 saturated carbocycles. The van der Waals surface area contributed by atoms with Crippen LogP contribution in [0.2, 0.25) is 5.02 Å². The van der Waals surface area contributed by atoms with Crippen LogP contribution >= 0.6 is 23.4 Å². The molecule has 0 aliphatic rings. The summed E-state index contributed by atoms with van der Waals surface area (Å²) in [6, 6.07) is 9.65. The van der Waals surface area contributed by atoms with Gasteiger partial charge in [0.05, 0.1) is 0 Å². The maximum absolute atomic E-state index is 13.4. The molecule has 0 aliphatic carbocycles. The number of alkyl halides is 3. The van der Waals surface area contributed by atoms with E-state index in [0.29, 0.717) is 9.92 Å². The number of halogens is 5. The lowest BCUT2D eigenvalue weighted by Gasteiger charge is -2.13. The Balaban J connectivity index is 2.43. The Bertz CT molecular complexity index is 595. The van der Waals surface area contributed by atoms with Gasteiger partial charge in [-0.15, -0.1) is 0 Å². The average Bonchev–Trinajstić information content (AvgIpc) is 2.27. The van der Waals surface area contributed by atoms with Crippen LogP contribution in [0.25, 0.3) is 0 Å². The van der Waals surface area contributed by atoms with Gasteiger partial charge in [-0.25, -0.2) is 4.39 Å². The predicted octanol–water partition coefficient (Wildman–Crippen LogP) is 5.65. The maximum Gasteiger partial charge on any atom is 0.420 e. The number of hydrogen-bond acceptors (Lipinski definition) is 1. The van der Waals surface area contributed by atoms with Crippen LogP contribution in [0.3, 0.4) is 0 Å². The molecule has 0 fully saturated rings. The van der Waals surface area contributed by atoms with Crippen molar-refractivity contribution in [3.8, 4) is 0 Å². The summed E-state index contributed by atoms with van der Waals surface area (Å²) in [5, 5.41) is 0.412. The van der Waals surface area contributed by atoms with Crippen molar-refractivity contribution in [1.29, 1.82) is 0 Å². The Morgan fingerprint density at radius 1 is 1.00 bits per heavy atom. The monoisotopic (exact) mass is 306 g/mol. The maximum atomic E-state index is 13.4. The van der Waals surface area contributed by atoms with Gasteiger partial charge in [-0.1, -0.05) is 35.5 Å². The van der Waals surface area contributed by atoms with Crippen molar-refractivity contribution in [2.75, 3.05) is 0 Å². The van der Waals surface area contributed by atoms with E-state index in [9.17, 15) is 17.6 Å². The molecule has 2 aromatic rings. The zero-order chi connectivity index (χ0) is 14.0. The highest BCUT2D eigenvalue weighted by Gasteiger charge is 2.36. The van der Waals surface area contributed by atoms with Gasteiger partial charge in [0.1, 0.15) is 11.4 Å². The van der Waals surface area contributed by atoms with Crippen LogP contribution in [-0.4, -0.2) is 0 Å². The molecule has 6 heteroatoms. The van der Waals surface area contributed by atoms with Crippen molar-refractivity contribution in [3.05, 3.63) is 58.9 Å². The highest BCUT2D eigenvalue weighted by Crippen LogP contribution is 2.41. The summed E-state index contributed by atoms with van der Waals surface area (Å²) in [5.74, 6) is -1.28. The van der Waals surface area contributed by atoms with Gasteiger partial charge in [0.15, 0.2) is 0 Å². The Hall–Kier alpha value is -1.20. The fraction of sp³-hybridized carbons (Fsp3) is 0.0769. The molecule has 0 aliphatic heterocycles. The quantitative estimate of drug-likeness (QED) is 0.646. The SMILES string of the molecule is Fc1cccc(Sc2cccc(Cl)c2)c1C(F)(F)F. The van der Waals surface area contributed by atoms with E-state index in [2.05, 4.69) is 0 Å². The normalized spacial score (nSPS) is 11.6. The van der Waals surface area contributed by atoms with Crippen LogP contribution < -0.4 is 0 Å². The van der Waals surface area contributed by atoms with Gasteiger partial charge in [0.2, 0.25) is 0 Å². The van der Waals surface area contributed by atoms with E-state index in [4.69, 9.17) is 11.6 Å². The van der Waals surface area contributed by atoms with E-state index in [1.807, 2.05) is 0 Å². The fourth-order valence-electron chi connectivity index (χ4n) is 1.52. The molecule has 0 saturated heterocycles. The van der Waals surface area contributed by atoms with Gasteiger partial charge in [-0.3, -0.25) is 0 Å². The summed E-state index contributed by atoms with van der Waals surface area (Å²) in [7, 11) is 0. The summed E-state index contributed by atoms with van der Waals surface area (Å²) in [6.45, 7) is 0. The van der Waals surface area contributed by atoms with E-state index in [-0.39, 0.29) is 4.90 Å². The van der Waals surface area contributed by atoms with Gasteiger partial charge in [0, 0.05) is 14.8 Å². The first-order chi connectivity index (χ1) is 8.88. The lowest BCUT2D eigenvalue weighted by molar-refractivity contribution is -0.142. The van der Waals surface area contributed by atoms with Crippen LogP contribution in [0, 0.1) is 5.82 Å². The van der Waals surface area contributed by atoms with Gasteiger partial charge in [-0.05, 0) is 30.3 Å². The highest BCUT2D eigenvalue weighted by molar-refractivity contribution is 7.99. The third kappa shape index (κ3) is 3.42. The smallest absolute Gasteiger partial charge is 0.206 e. The molecule has 0 nitrogen and oxygen atoms in total. The second-order valence-electron chi connectivity index (χ2n) is 3.67. The van der Waals surface area contributed by atoms with Crippen LogP contribution in [0.15, 0.2) is 52.3 Å². The fourth-order valence-corrected chi connectivity index (χ4v) is 2.83. The van der Waals surface area contributed by atoms with E-state index in [1.54, 1.807) is 18.2 Å². The molecule has 0 atom stereocenters. The third-order valence-corrected chi connectivity index (χ3v) is 3.57. The van der Waals surface area contributed by atoms with Crippen molar-refractivity contribution in [2.24, 2.45) is 0 Å². The van der Waals surface area contributed by atoms with Gasteiger partial charge in [-0.2, -0.15) is 13.2 Å². The zero-order valence-corrected chi connectivity index (χ0v) is 10.9. The largest absolute Gasteiger partial charge is 0.420 e. The van der Waals surface area contributed by atoms with Gasteiger partial charge >= 0.3 is 6.18 Å². The summed E-state index contributed by atoms with van der Waals surface area (Å²) in [6.07, 6.45) is -4.73. The van der Waals surface area contributed by atoms with Crippen molar-refractivity contribution in [3.63, 3.8) is 0 Å². The Kier molecular flexibility index (Phi) is 4.06. The molecule has 0 spiro atoms. The van der Waals surface area contributed by atoms with Crippen molar-refractivity contribution in [1.82, 2.24) is 0 Å². The minimum absolute atomic E-state index is 0.185. The van der Waals surface area contributed by atoms with Crippen LogP contribution in [0.1, 0.15) is 5.56 Å². The van der Waals surface area contributed by atoms with E-state index < -0.39 is 17.6 Å². The molecule has 2 rings (SSSR count). The van der Waals surface area contributed by atoms with Gasteiger partial charge in [0.25, 0.3) is 0 Å². The van der Waals surface area contributed by atoms with Crippen LogP contribution in [0.4, 0.5) is 17.6 Å². The molecule has 0 radical (unpaired) electrons. The summed E-state index contributed by atoms with van der Waals surface area (Å²) >= 11 is 6.59. The molecular weight excluding hydrogens is 300 g/mol. The third-order valence-electron chi connectivity index (χ3n) is 2.28. The van der Waals surface area contributed by atoms with Crippen LogP contribution in [0.5, 0.6) is 0 Å².